The van der Waals surface area contributed by atoms with Crippen LogP contribution in [0.4, 0.5) is 49.1 Å². The highest BCUT2D eigenvalue weighted by Gasteiger charge is 2.32. The van der Waals surface area contributed by atoms with Crippen LogP contribution in [-0.2, 0) is 31.5 Å². The summed E-state index contributed by atoms with van der Waals surface area (Å²) in [5.74, 6) is -3.09. The predicted molar refractivity (Wildman–Crippen MR) is 220 cm³/mol. The van der Waals surface area contributed by atoms with Gasteiger partial charge in [-0.25, -0.2) is 0 Å². The van der Waals surface area contributed by atoms with E-state index in [-0.39, 0.29) is 59.0 Å². The zero-order valence-electron chi connectivity index (χ0n) is 34.2. The SMILES string of the molecule is CCCOc1cc(-c2cc(OCCC)c(N/N=C(\C(C)=O)C(=O)Nc3cccc(C(F)(F)F)c3)cc2OC)c(OC)cc1N/N=C(\C(C)=O)C(=O)Nc1cccc(C(F)(F)F)c1. The number of hydrogen-bond donors (Lipinski definition) is 4. The van der Waals surface area contributed by atoms with Crippen molar-refractivity contribution >= 4 is 57.6 Å². The number of alkyl halides is 6. The number of nitrogens with zero attached hydrogens (tertiary/aromatic N) is 2. The molecule has 0 aliphatic carbocycles. The van der Waals surface area contributed by atoms with Gasteiger partial charge in [-0.3, -0.25) is 30.0 Å². The summed E-state index contributed by atoms with van der Waals surface area (Å²) in [5.41, 5.74) is 2.47. The smallest absolute Gasteiger partial charge is 0.416 e. The molecule has 4 aromatic rings. The van der Waals surface area contributed by atoms with E-state index >= 15 is 0 Å². The Balaban J connectivity index is 1.73. The molecule has 0 radical (unpaired) electrons. The van der Waals surface area contributed by atoms with E-state index in [2.05, 4.69) is 31.7 Å². The summed E-state index contributed by atoms with van der Waals surface area (Å²) in [6, 6.07) is 13.7. The third-order valence-corrected chi connectivity index (χ3v) is 8.39. The Morgan fingerprint density at radius 1 is 0.565 bits per heavy atom. The molecular formula is C42H42F6N6O8. The van der Waals surface area contributed by atoms with E-state index in [1.807, 2.05) is 13.8 Å². The minimum absolute atomic E-state index is 0.124. The van der Waals surface area contributed by atoms with Gasteiger partial charge in [0.25, 0.3) is 11.8 Å². The first-order valence-corrected chi connectivity index (χ1v) is 18.7. The minimum Gasteiger partial charge on any atom is -0.496 e. The fourth-order valence-corrected chi connectivity index (χ4v) is 5.45. The van der Waals surface area contributed by atoms with E-state index in [1.54, 1.807) is 12.1 Å². The molecule has 0 atom stereocenters. The second-order valence-corrected chi connectivity index (χ2v) is 13.1. The highest BCUT2D eigenvalue weighted by molar-refractivity contribution is 6.67. The van der Waals surface area contributed by atoms with Crippen molar-refractivity contribution in [3.63, 3.8) is 0 Å². The molecule has 62 heavy (non-hydrogen) atoms. The Bertz CT molecular complexity index is 2200. The largest absolute Gasteiger partial charge is 0.496 e. The molecule has 0 aliphatic heterocycles. The van der Waals surface area contributed by atoms with Crippen molar-refractivity contribution in [2.45, 2.75) is 52.9 Å². The summed E-state index contributed by atoms with van der Waals surface area (Å²) < 4.78 is 103. The predicted octanol–water partition coefficient (Wildman–Crippen LogP) is 8.98. The molecule has 0 unspecified atom stereocenters. The first kappa shape index (κ1) is 47.6. The van der Waals surface area contributed by atoms with Crippen LogP contribution in [0.1, 0.15) is 51.7 Å². The highest BCUT2D eigenvalue weighted by atomic mass is 19.4. The Morgan fingerprint density at radius 3 is 1.24 bits per heavy atom. The van der Waals surface area contributed by atoms with Crippen molar-refractivity contribution in [1.82, 2.24) is 0 Å². The van der Waals surface area contributed by atoms with Crippen LogP contribution >= 0.6 is 0 Å². The zero-order valence-corrected chi connectivity index (χ0v) is 34.2. The van der Waals surface area contributed by atoms with Gasteiger partial charge in [0.15, 0.2) is 23.0 Å². The van der Waals surface area contributed by atoms with Crippen molar-refractivity contribution in [3.05, 3.63) is 83.9 Å². The number of Topliss-reactive ketones (excluding diaryl/α,β-unsaturated/α-hetero) is 2. The molecule has 4 aromatic carbocycles. The van der Waals surface area contributed by atoms with E-state index < -0.39 is 58.3 Å². The van der Waals surface area contributed by atoms with Gasteiger partial charge >= 0.3 is 12.4 Å². The Kier molecular flexibility index (Phi) is 16.0. The quantitative estimate of drug-likeness (QED) is 0.0308. The number of hydrazone groups is 2. The molecule has 0 fully saturated rings. The lowest BCUT2D eigenvalue weighted by Crippen LogP contribution is -2.29. The molecule has 2 amide bonds. The van der Waals surface area contributed by atoms with Crippen LogP contribution in [0.2, 0.25) is 0 Å². The standard InChI is InChI=1S/C42H42F6N6O8/c1-7-15-61-35-19-29(33(59-5)21-31(35)51-53-37(23(3)55)39(57)49-27-13-9-11-25(17-27)41(43,44)45)30-20-36(62-16-8-2)32(22-34(30)60-6)52-54-38(24(4)56)40(58)50-28-14-10-12-26(18-28)42(46,47)48/h9-14,17-22,51-52H,7-8,15-16H2,1-6H3,(H,49,57)(H,50,58)/b53-37+,54-38+. The highest BCUT2D eigenvalue weighted by Crippen LogP contribution is 2.46. The lowest BCUT2D eigenvalue weighted by atomic mass is 10.0. The van der Waals surface area contributed by atoms with Gasteiger partial charge in [-0.2, -0.15) is 36.5 Å². The van der Waals surface area contributed by atoms with Gasteiger partial charge in [0, 0.05) is 48.5 Å². The third kappa shape index (κ3) is 12.5. The van der Waals surface area contributed by atoms with E-state index in [0.29, 0.717) is 36.1 Å². The average Bonchev–Trinajstić information content (AvgIpc) is 3.21. The van der Waals surface area contributed by atoms with Gasteiger partial charge in [-0.1, -0.05) is 26.0 Å². The number of anilines is 4. The Hall–Kier alpha value is -7.12. The third-order valence-electron chi connectivity index (χ3n) is 8.39. The van der Waals surface area contributed by atoms with Crippen molar-refractivity contribution in [2.24, 2.45) is 10.2 Å². The molecule has 0 heterocycles. The minimum atomic E-state index is -4.68. The Labute approximate surface area is 351 Å². The molecule has 4 rings (SSSR count). The molecule has 0 aliphatic rings. The fourth-order valence-electron chi connectivity index (χ4n) is 5.45. The second-order valence-electron chi connectivity index (χ2n) is 13.1. The maximum atomic E-state index is 13.3. The van der Waals surface area contributed by atoms with Crippen molar-refractivity contribution in [1.29, 1.82) is 0 Å². The summed E-state index contributed by atoms with van der Waals surface area (Å²) in [7, 11) is 2.72. The van der Waals surface area contributed by atoms with Crippen LogP contribution in [0.5, 0.6) is 23.0 Å². The number of amides is 2. The van der Waals surface area contributed by atoms with Crippen LogP contribution < -0.4 is 40.4 Å². The van der Waals surface area contributed by atoms with Crippen molar-refractivity contribution in [3.8, 4) is 34.1 Å². The number of carbonyl (C=O) groups is 4. The monoisotopic (exact) mass is 872 g/mol. The van der Waals surface area contributed by atoms with Gasteiger partial charge in [0.2, 0.25) is 0 Å². The molecule has 0 saturated carbocycles. The number of halogens is 6. The molecule has 20 heteroatoms. The van der Waals surface area contributed by atoms with Crippen molar-refractivity contribution in [2.75, 3.05) is 48.9 Å². The molecule has 0 aromatic heterocycles. The first-order chi connectivity index (χ1) is 29.3. The average molecular weight is 873 g/mol. The van der Waals surface area contributed by atoms with Crippen LogP contribution in [0.15, 0.2) is 83.0 Å². The number of hydrogen-bond acceptors (Lipinski definition) is 12. The van der Waals surface area contributed by atoms with Gasteiger partial charge in [0.1, 0.15) is 34.4 Å². The zero-order chi connectivity index (χ0) is 45.8. The fraction of sp³-hybridized carbons (Fsp3) is 0.286. The normalized spacial score (nSPS) is 11.9. The molecule has 0 bridgehead atoms. The lowest BCUT2D eigenvalue weighted by molar-refractivity contribution is -0.138. The summed E-state index contributed by atoms with van der Waals surface area (Å²) in [4.78, 5) is 51.2. The Morgan fingerprint density at radius 2 is 0.935 bits per heavy atom. The van der Waals surface area contributed by atoms with Gasteiger partial charge < -0.3 is 29.6 Å². The van der Waals surface area contributed by atoms with Crippen molar-refractivity contribution < 1.29 is 64.5 Å². The van der Waals surface area contributed by atoms with Gasteiger partial charge in [-0.15, -0.1) is 0 Å². The number of benzene rings is 4. The molecule has 4 N–H and O–H groups in total. The number of ether oxygens (including phenoxy) is 4. The lowest BCUT2D eigenvalue weighted by Gasteiger charge is -2.20. The first-order valence-electron chi connectivity index (χ1n) is 18.7. The van der Waals surface area contributed by atoms with Gasteiger partial charge in [0.05, 0.1) is 38.6 Å². The summed E-state index contributed by atoms with van der Waals surface area (Å²) >= 11 is 0. The number of methoxy groups -OCH3 is 2. The van der Waals surface area contributed by atoms with Crippen LogP contribution in [0, 0.1) is 0 Å². The van der Waals surface area contributed by atoms with E-state index in [0.717, 1.165) is 38.1 Å². The second kappa shape index (κ2) is 20.9. The maximum Gasteiger partial charge on any atom is 0.416 e. The number of carbonyl (C=O) groups excluding carboxylic acids is 4. The molecular weight excluding hydrogens is 830 g/mol. The van der Waals surface area contributed by atoms with E-state index in [4.69, 9.17) is 18.9 Å². The molecule has 0 saturated heterocycles. The molecule has 330 valence electrons. The maximum absolute atomic E-state index is 13.3. The summed E-state index contributed by atoms with van der Waals surface area (Å²) in [5, 5.41) is 12.5. The van der Waals surface area contributed by atoms with Crippen LogP contribution in [0.25, 0.3) is 11.1 Å². The topological polar surface area (TPSA) is 178 Å². The number of rotatable bonds is 19. The van der Waals surface area contributed by atoms with Crippen LogP contribution in [-0.4, -0.2) is 62.2 Å². The summed E-state index contributed by atoms with van der Waals surface area (Å²) in [6.07, 6.45) is -8.24. The number of nitrogens with one attached hydrogen (secondary N) is 4. The van der Waals surface area contributed by atoms with Crippen LogP contribution in [0.3, 0.4) is 0 Å². The molecule has 0 spiro atoms. The van der Waals surface area contributed by atoms with E-state index in [1.165, 1.54) is 38.5 Å². The molecule has 14 nitrogen and oxygen atoms in total. The van der Waals surface area contributed by atoms with Gasteiger partial charge in [-0.05, 0) is 61.4 Å². The number of ketones is 2. The summed E-state index contributed by atoms with van der Waals surface area (Å²) in [6.45, 7) is 6.20. The van der Waals surface area contributed by atoms with E-state index in [9.17, 15) is 45.5 Å².